The first-order valence-electron chi connectivity index (χ1n) is 4.82. The summed E-state index contributed by atoms with van der Waals surface area (Å²) in [6.45, 7) is 0. The summed E-state index contributed by atoms with van der Waals surface area (Å²) in [6.07, 6.45) is -9.88. The van der Waals surface area contributed by atoms with Crippen molar-refractivity contribution in [3.05, 3.63) is 33.6 Å². The van der Waals surface area contributed by atoms with Crippen LogP contribution >= 0.6 is 0 Å². The summed E-state index contributed by atoms with van der Waals surface area (Å²) in [5.41, 5.74) is -4.08. The molecule has 0 spiro atoms. The van der Waals surface area contributed by atoms with Gasteiger partial charge in [-0.2, -0.15) is 26.3 Å². The first kappa shape index (κ1) is 17.7. The van der Waals surface area contributed by atoms with Crippen molar-refractivity contribution in [2.45, 2.75) is 12.4 Å². The maximum absolute atomic E-state index is 12.5. The number of aromatic amines is 1. The number of nitro groups is 1. The van der Waals surface area contributed by atoms with Gasteiger partial charge in [-0.15, -0.1) is 0 Å². The molecule has 110 valence electrons. The molecule has 1 heterocycles. The molecular formula is C9H4F6N3NaO2. The molecule has 0 fully saturated rings. The van der Waals surface area contributed by atoms with Crippen LogP contribution < -0.4 is 29.6 Å². The van der Waals surface area contributed by atoms with Crippen LogP contribution in [-0.2, 0) is 12.4 Å². The first-order valence-corrected chi connectivity index (χ1v) is 4.82. The summed E-state index contributed by atoms with van der Waals surface area (Å²) in [7, 11) is 0. The molecule has 0 saturated heterocycles. The number of fused-ring (bicyclic) bond motifs is 1. The van der Waals surface area contributed by atoms with Crippen molar-refractivity contribution in [1.82, 2.24) is 9.97 Å². The number of nitrogens with one attached hydrogen (secondary N) is 1. The molecule has 5 nitrogen and oxygen atoms in total. The van der Waals surface area contributed by atoms with Gasteiger partial charge in [0.25, 0.3) is 5.69 Å². The maximum Gasteiger partial charge on any atom is 1.00 e. The molecule has 0 radical (unpaired) electrons. The van der Waals surface area contributed by atoms with E-state index in [9.17, 15) is 36.5 Å². The molecule has 0 saturated carbocycles. The zero-order valence-electron chi connectivity index (χ0n) is 11.1. The van der Waals surface area contributed by atoms with Gasteiger partial charge in [0.15, 0.2) is 5.52 Å². The topological polar surface area (TPSA) is 71.8 Å². The van der Waals surface area contributed by atoms with Gasteiger partial charge in [0.2, 0.25) is 5.82 Å². The van der Waals surface area contributed by atoms with E-state index >= 15 is 0 Å². The second-order valence-electron chi connectivity index (χ2n) is 3.73. The molecule has 0 unspecified atom stereocenters. The van der Waals surface area contributed by atoms with Crippen molar-refractivity contribution in [2.24, 2.45) is 0 Å². The molecule has 2 rings (SSSR count). The Morgan fingerprint density at radius 1 is 1.14 bits per heavy atom. The number of nitrogens with zero attached hydrogens (tertiary/aromatic N) is 2. The maximum atomic E-state index is 12.5. The van der Waals surface area contributed by atoms with Gasteiger partial charge in [-0.05, 0) is 6.07 Å². The smallest absolute Gasteiger partial charge is 1.00 e. The van der Waals surface area contributed by atoms with E-state index in [0.717, 1.165) is 0 Å². The van der Waals surface area contributed by atoms with E-state index < -0.39 is 45.4 Å². The van der Waals surface area contributed by atoms with Gasteiger partial charge >= 0.3 is 41.9 Å². The van der Waals surface area contributed by atoms with Gasteiger partial charge in [0, 0.05) is 6.07 Å². The summed E-state index contributed by atoms with van der Waals surface area (Å²) in [5, 5.41) is 10.7. The average molecular weight is 323 g/mol. The number of hydrogen-bond donors (Lipinski definition) is 1. The average Bonchev–Trinajstić information content (AvgIpc) is 2.68. The number of rotatable bonds is 1. The molecule has 0 aliphatic carbocycles. The number of imidazole rings is 1. The van der Waals surface area contributed by atoms with Crippen molar-refractivity contribution in [3.8, 4) is 0 Å². The van der Waals surface area contributed by atoms with Gasteiger partial charge in [-0.1, -0.05) is 0 Å². The Bertz CT molecular complexity index is 699. The number of alkyl halides is 6. The van der Waals surface area contributed by atoms with Crippen molar-refractivity contribution in [2.75, 3.05) is 0 Å². The minimum atomic E-state index is -4.95. The third kappa shape index (κ3) is 3.47. The van der Waals surface area contributed by atoms with Gasteiger partial charge in [-0.25, -0.2) is 4.98 Å². The molecule has 12 heteroatoms. The van der Waals surface area contributed by atoms with Crippen LogP contribution in [0.4, 0.5) is 32.0 Å². The Kier molecular flexibility index (Phi) is 4.61. The van der Waals surface area contributed by atoms with Crippen LogP contribution in [0.5, 0.6) is 0 Å². The van der Waals surface area contributed by atoms with Gasteiger partial charge in [0.05, 0.1) is 16.0 Å². The summed E-state index contributed by atoms with van der Waals surface area (Å²) < 4.78 is 74.8. The fourth-order valence-electron chi connectivity index (χ4n) is 1.54. The minimum absolute atomic E-state index is 0. The molecule has 1 aromatic carbocycles. The molecule has 0 aliphatic heterocycles. The number of non-ortho nitro benzene ring substituents is 1. The van der Waals surface area contributed by atoms with Crippen LogP contribution in [0.15, 0.2) is 12.1 Å². The number of H-pyrrole nitrogens is 1. The van der Waals surface area contributed by atoms with Crippen molar-refractivity contribution < 1.29 is 62.2 Å². The Hall–Kier alpha value is -1.33. The molecule has 0 atom stereocenters. The van der Waals surface area contributed by atoms with Gasteiger partial charge in [-0.3, -0.25) is 10.1 Å². The fourth-order valence-corrected chi connectivity index (χ4v) is 1.54. The van der Waals surface area contributed by atoms with Crippen LogP contribution in [0.3, 0.4) is 0 Å². The summed E-state index contributed by atoms with van der Waals surface area (Å²) >= 11 is 0. The third-order valence-electron chi connectivity index (χ3n) is 2.36. The normalized spacial score (nSPS) is 12.3. The van der Waals surface area contributed by atoms with E-state index in [4.69, 9.17) is 0 Å². The molecule has 0 amide bonds. The molecule has 1 N–H and O–H groups in total. The zero-order valence-corrected chi connectivity index (χ0v) is 12.1. The zero-order chi connectivity index (χ0) is 15.3. The standard InChI is InChI=1S/C9H3F6N3O2.Na.H/c10-8(11,12)3-1-4-6(5(2-3)18(19)20)17-7(16-4)9(13,14)15;;/h1-2H,(H,16,17);;/q;+1;-1. The van der Waals surface area contributed by atoms with Crippen LogP contribution in [0.1, 0.15) is 12.8 Å². The summed E-state index contributed by atoms with van der Waals surface area (Å²) in [4.78, 5) is 14.0. The van der Waals surface area contributed by atoms with Crippen molar-refractivity contribution >= 4 is 16.7 Å². The molecule has 1 aromatic heterocycles. The second-order valence-corrected chi connectivity index (χ2v) is 3.73. The van der Waals surface area contributed by atoms with E-state index in [1.807, 2.05) is 0 Å². The number of hydrogen-bond acceptors (Lipinski definition) is 3. The molecule has 21 heavy (non-hydrogen) atoms. The van der Waals surface area contributed by atoms with Gasteiger partial charge in [0.1, 0.15) is 0 Å². The molecule has 2 aromatic rings. The van der Waals surface area contributed by atoms with E-state index in [2.05, 4.69) is 4.98 Å². The Labute approximate surface area is 135 Å². The largest absolute Gasteiger partial charge is 1.00 e. The van der Waals surface area contributed by atoms with Crippen molar-refractivity contribution in [3.63, 3.8) is 0 Å². The number of benzene rings is 1. The van der Waals surface area contributed by atoms with E-state index in [1.54, 1.807) is 4.98 Å². The van der Waals surface area contributed by atoms with Crippen LogP contribution in [0.2, 0.25) is 0 Å². The number of nitro benzene ring substituents is 1. The molecular weight excluding hydrogens is 319 g/mol. The van der Waals surface area contributed by atoms with E-state index in [0.29, 0.717) is 6.07 Å². The summed E-state index contributed by atoms with van der Waals surface area (Å²) in [5.74, 6) is -1.60. The molecule has 0 bridgehead atoms. The Morgan fingerprint density at radius 3 is 2.14 bits per heavy atom. The summed E-state index contributed by atoms with van der Waals surface area (Å²) in [6, 6.07) is 0.480. The second kappa shape index (κ2) is 5.46. The monoisotopic (exact) mass is 323 g/mol. The van der Waals surface area contributed by atoms with Crippen molar-refractivity contribution in [1.29, 1.82) is 0 Å². The third-order valence-corrected chi connectivity index (χ3v) is 2.36. The fraction of sp³-hybridized carbons (Fsp3) is 0.222. The van der Waals surface area contributed by atoms with Crippen LogP contribution in [-0.4, -0.2) is 14.9 Å². The first-order chi connectivity index (χ1) is 9.00. The molecule has 0 aliphatic rings. The van der Waals surface area contributed by atoms with Crippen LogP contribution in [0, 0.1) is 10.1 Å². The Balaban J connectivity index is 0.00000220. The Morgan fingerprint density at radius 2 is 1.71 bits per heavy atom. The minimum Gasteiger partial charge on any atom is -1.00 e. The quantitative estimate of drug-likeness (QED) is 0.362. The predicted octanol–water partition coefficient (Wildman–Crippen LogP) is 0.625. The SMILES string of the molecule is O=[N+]([O-])c1cc(C(F)(F)F)cc2[nH]c(C(F)(F)F)nc12.[H-].[Na+]. The predicted molar refractivity (Wildman–Crippen MR) is 53.9 cm³/mol. The van der Waals surface area contributed by atoms with Gasteiger partial charge < -0.3 is 6.41 Å². The number of halogens is 6. The van der Waals surface area contributed by atoms with E-state index in [-0.39, 0.29) is 37.1 Å². The number of aromatic nitrogens is 2. The van der Waals surface area contributed by atoms with Crippen LogP contribution in [0.25, 0.3) is 11.0 Å². The van der Waals surface area contributed by atoms with E-state index in [1.165, 1.54) is 0 Å².